The van der Waals surface area contributed by atoms with Gasteiger partial charge in [0.15, 0.2) is 17.3 Å². The van der Waals surface area contributed by atoms with Crippen LogP contribution < -0.4 is 19.7 Å². The molecule has 35 heavy (non-hydrogen) atoms. The number of amides is 2. The van der Waals surface area contributed by atoms with Crippen molar-refractivity contribution in [2.45, 2.75) is 38.6 Å². The van der Waals surface area contributed by atoms with Crippen LogP contribution in [0.2, 0.25) is 0 Å². The first-order chi connectivity index (χ1) is 17.2. The third-order valence-electron chi connectivity index (χ3n) is 6.83. The molecule has 1 fully saturated rings. The summed E-state index contributed by atoms with van der Waals surface area (Å²) in [5.41, 5.74) is 2.32. The Kier molecular flexibility index (Phi) is 5.60. The average molecular weight is 474 g/mol. The van der Waals surface area contributed by atoms with Crippen LogP contribution in [0.4, 0.5) is 11.4 Å². The Labute approximate surface area is 203 Å². The van der Waals surface area contributed by atoms with Gasteiger partial charge >= 0.3 is 0 Å². The number of carbonyl (C=O) groups is 2. The van der Waals surface area contributed by atoms with E-state index >= 15 is 0 Å². The molecule has 3 aliphatic heterocycles. The summed E-state index contributed by atoms with van der Waals surface area (Å²) in [7, 11) is 0. The summed E-state index contributed by atoms with van der Waals surface area (Å²) >= 11 is 0. The number of nitrogens with one attached hydrogen (secondary N) is 1. The van der Waals surface area contributed by atoms with Crippen LogP contribution in [-0.4, -0.2) is 46.3 Å². The molecule has 1 N–H and O–H groups in total. The molecule has 9 heteroatoms. The molecule has 1 saturated heterocycles. The maximum atomic E-state index is 13.1. The van der Waals surface area contributed by atoms with Crippen LogP contribution in [0.5, 0.6) is 11.5 Å². The maximum Gasteiger partial charge on any atom is 0.229 e. The van der Waals surface area contributed by atoms with E-state index < -0.39 is 5.92 Å². The standard InChI is InChI=1S/C26H27N5O4/c32-24-14-18(16-31(24)20-8-9-21-22(15-20)35-12-11-34-21)26(33)27-19-6-4-5-17(13-19)25-29-28-23-7-2-1-3-10-30(23)25/h4-6,8-9,13,15,18H,1-3,7,10-12,14,16H2,(H,27,33)/t18-/m1/s1. The minimum absolute atomic E-state index is 0.0817. The van der Waals surface area contributed by atoms with Crippen LogP contribution in [0.1, 0.15) is 31.5 Å². The summed E-state index contributed by atoms with van der Waals surface area (Å²) in [5.74, 6) is 2.46. The minimum atomic E-state index is -0.441. The smallest absolute Gasteiger partial charge is 0.229 e. The van der Waals surface area contributed by atoms with E-state index in [0.29, 0.717) is 42.6 Å². The fraction of sp³-hybridized carbons (Fsp3) is 0.385. The molecule has 0 radical (unpaired) electrons. The van der Waals surface area contributed by atoms with Crippen LogP contribution in [0.3, 0.4) is 0 Å². The third kappa shape index (κ3) is 4.22. The van der Waals surface area contributed by atoms with Crippen molar-refractivity contribution in [2.24, 2.45) is 5.92 Å². The molecular formula is C26H27N5O4. The molecule has 0 aliphatic carbocycles. The Bertz CT molecular complexity index is 1290. The molecule has 3 aromatic rings. The lowest BCUT2D eigenvalue weighted by Gasteiger charge is -2.22. The van der Waals surface area contributed by atoms with Crippen LogP contribution in [0, 0.1) is 5.92 Å². The van der Waals surface area contributed by atoms with Gasteiger partial charge in [0.25, 0.3) is 0 Å². The van der Waals surface area contributed by atoms with Gasteiger partial charge in [-0.1, -0.05) is 18.6 Å². The zero-order valence-corrected chi connectivity index (χ0v) is 19.4. The Hall–Kier alpha value is -3.88. The van der Waals surface area contributed by atoms with E-state index in [-0.39, 0.29) is 18.2 Å². The first-order valence-electron chi connectivity index (χ1n) is 12.2. The molecule has 2 amide bonds. The normalized spacial score (nSPS) is 19.3. The van der Waals surface area contributed by atoms with Crippen molar-refractivity contribution in [3.05, 3.63) is 48.3 Å². The number of benzene rings is 2. The summed E-state index contributed by atoms with van der Waals surface area (Å²) < 4.78 is 13.4. The molecule has 9 nitrogen and oxygen atoms in total. The Balaban J connectivity index is 1.16. The van der Waals surface area contributed by atoms with Gasteiger partial charge in [0.2, 0.25) is 11.8 Å². The molecule has 1 aromatic heterocycles. The van der Waals surface area contributed by atoms with Gasteiger partial charge in [-0.15, -0.1) is 10.2 Å². The molecule has 4 heterocycles. The van der Waals surface area contributed by atoms with Crippen molar-refractivity contribution in [2.75, 3.05) is 30.0 Å². The Morgan fingerprint density at radius 2 is 1.89 bits per heavy atom. The number of aromatic nitrogens is 3. The van der Waals surface area contributed by atoms with E-state index in [1.807, 2.05) is 30.3 Å². The van der Waals surface area contributed by atoms with Gasteiger partial charge in [-0.05, 0) is 37.1 Å². The van der Waals surface area contributed by atoms with Crippen LogP contribution >= 0.6 is 0 Å². The fourth-order valence-corrected chi connectivity index (χ4v) is 5.01. The number of ether oxygens (including phenoxy) is 2. The van der Waals surface area contributed by atoms with E-state index in [2.05, 4.69) is 20.1 Å². The topological polar surface area (TPSA) is 98.6 Å². The van der Waals surface area contributed by atoms with E-state index in [9.17, 15) is 9.59 Å². The van der Waals surface area contributed by atoms with Crippen LogP contribution in [0.15, 0.2) is 42.5 Å². The van der Waals surface area contributed by atoms with Gasteiger partial charge in [-0.25, -0.2) is 0 Å². The molecule has 3 aliphatic rings. The molecule has 0 spiro atoms. The van der Waals surface area contributed by atoms with Gasteiger partial charge in [0, 0.05) is 48.9 Å². The van der Waals surface area contributed by atoms with Crippen molar-refractivity contribution < 1.29 is 19.1 Å². The lowest BCUT2D eigenvalue weighted by Crippen LogP contribution is -2.28. The number of nitrogens with zero attached hydrogens (tertiary/aromatic N) is 4. The maximum absolute atomic E-state index is 13.1. The molecule has 1 atom stereocenters. The van der Waals surface area contributed by atoms with Crippen molar-refractivity contribution in [1.29, 1.82) is 0 Å². The Morgan fingerprint density at radius 1 is 1.00 bits per heavy atom. The minimum Gasteiger partial charge on any atom is -0.486 e. The number of carbonyl (C=O) groups excluding carboxylic acids is 2. The zero-order valence-electron chi connectivity index (χ0n) is 19.4. The van der Waals surface area contributed by atoms with Crippen molar-refractivity contribution in [1.82, 2.24) is 14.8 Å². The number of hydrogen-bond donors (Lipinski definition) is 1. The monoisotopic (exact) mass is 473 g/mol. The fourth-order valence-electron chi connectivity index (χ4n) is 5.01. The predicted molar refractivity (Wildman–Crippen MR) is 130 cm³/mol. The first kappa shape index (κ1) is 21.6. The Morgan fingerprint density at radius 3 is 2.80 bits per heavy atom. The number of aryl methyl sites for hydroxylation is 1. The number of anilines is 2. The summed E-state index contributed by atoms with van der Waals surface area (Å²) in [4.78, 5) is 27.5. The van der Waals surface area contributed by atoms with E-state index in [0.717, 1.165) is 43.0 Å². The second-order valence-corrected chi connectivity index (χ2v) is 9.21. The van der Waals surface area contributed by atoms with Gasteiger partial charge in [0.05, 0.1) is 5.92 Å². The van der Waals surface area contributed by atoms with Crippen molar-refractivity contribution in [3.8, 4) is 22.9 Å². The lowest BCUT2D eigenvalue weighted by atomic mass is 10.1. The molecular weight excluding hydrogens is 446 g/mol. The van der Waals surface area contributed by atoms with Gasteiger partial charge in [0.1, 0.15) is 19.0 Å². The summed E-state index contributed by atoms with van der Waals surface area (Å²) in [6.45, 7) is 2.22. The zero-order chi connectivity index (χ0) is 23.8. The summed E-state index contributed by atoms with van der Waals surface area (Å²) in [5, 5.41) is 11.8. The average Bonchev–Trinajstić information content (AvgIpc) is 3.39. The number of fused-ring (bicyclic) bond motifs is 2. The highest BCUT2D eigenvalue weighted by molar-refractivity contribution is 6.03. The molecule has 0 saturated carbocycles. The molecule has 0 unspecified atom stereocenters. The molecule has 6 rings (SSSR count). The second-order valence-electron chi connectivity index (χ2n) is 9.21. The van der Waals surface area contributed by atoms with Crippen molar-refractivity contribution in [3.63, 3.8) is 0 Å². The van der Waals surface area contributed by atoms with E-state index in [1.54, 1.807) is 17.0 Å². The molecule has 2 aromatic carbocycles. The highest BCUT2D eigenvalue weighted by Gasteiger charge is 2.35. The van der Waals surface area contributed by atoms with E-state index in [1.165, 1.54) is 6.42 Å². The second kappa shape index (κ2) is 9.05. The highest BCUT2D eigenvalue weighted by atomic mass is 16.6. The summed E-state index contributed by atoms with van der Waals surface area (Å²) in [6, 6.07) is 13.1. The van der Waals surface area contributed by atoms with Gasteiger partial charge in [-0.3, -0.25) is 9.59 Å². The molecule has 180 valence electrons. The van der Waals surface area contributed by atoms with Gasteiger partial charge in [-0.2, -0.15) is 0 Å². The summed E-state index contributed by atoms with van der Waals surface area (Å²) in [6.07, 6.45) is 4.56. The van der Waals surface area contributed by atoms with Crippen molar-refractivity contribution >= 4 is 23.2 Å². The number of hydrogen-bond acceptors (Lipinski definition) is 6. The predicted octanol–water partition coefficient (Wildman–Crippen LogP) is 3.43. The molecule has 0 bridgehead atoms. The van der Waals surface area contributed by atoms with E-state index in [4.69, 9.17) is 9.47 Å². The van der Waals surface area contributed by atoms with Gasteiger partial charge < -0.3 is 24.3 Å². The quantitative estimate of drug-likeness (QED) is 0.623. The lowest BCUT2D eigenvalue weighted by molar-refractivity contribution is -0.122. The number of rotatable bonds is 4. The SMILES string of the molecule is O=C(Nc1cccc(-c2nnc3n2CCCCC3)c1)[C@@H]1CC(=O)N(c2ccc3c(c2)OCCO3)C1. The van der Waals surface area contributed by atoms with Crippen LogP contribution in [-0.2, 0) is 22.6 Å². The first-order valence-corrected chi connectivity index (χ1v) is 12.2. The van der Waals surface area contributed by atoms with Crippen LogP contribution in [0.25, 0.3) is 11.4 Å². The largest absolute Gasteiger partial charge is 0.486 e. The highest BCUT2D eigenvalue weighted by Crippen LogP contribution is 2.36. The third-order valence-corrected chi connectivity index (χ3v) is 6.83.